The molecule has 3 amide bonds. The highest BCUT2D eigenvalue weighted by atomic mass is 35.5. The van der Waals surface area contributed by atoms with Crippen LogP contribution >= 0.6 is 11.6 Å². The summed E-state index contributed by atoms with van der Waals surface area (Å²) in [6, 6.07) is 9.59. The molecular weight excluding hydrogens is 348 g/mol. The number of urea groups is 1. The molecule has 0 bridgehead atoms. The van der Waals surface area contributed by atoms with Gasteiger partial charge in [-0.3, -0.25) is 9.69 Å². The Balaban J connectivity index is 1.69. The van der Waals surface area contributed by atoms with Gasteiger partial charge < -0.3 is 14.5 Å². The first kappa shape index (κ1) is 17.0. The lowest BCUT2D eigenvalue weighted by molar-refractivity contribution is -0.136. The number of rotatable bonds is 4. The Hall–Kier alpha value is -2.80. The molecule has 0 spiro atoms. The van der Waals surface area contributed by atoms with Crippen molar-refractivity contribution in [1.29, 1.82) is 0 Å². The number of ether oxygens (including phenoxy) is 1. The number of furan rings is 1. The van der Waals surface area contributed by atoms with E-state index in [9.17, 15) is 14.4 Å². The van der Waals surface area contributed by atoms with Crippen molar-refractivity contribution in [1.82, 2.24) is 10.2 Å². The summed E-state index contributed by atoms with van der Waals surface area (Å²) < 4.78 is 10.6. The Labute approximate surface area is 148 Å². The first-order chi connectivity index (χ1) is 12.0. The topological polar surface area (TPSA) is 88.8 Å². The highest BCUT2D eigenvalue weighted by Gasteiger charge is 2.32. The van der Waals surface area contributed by atoms with Crippen molar-refractivity contribution in [3.63, 3.8) is 0 Å². The van der Waals surface area contributed by atoms with Gasteiger partial charge in [0.05, 0.1) is 5.02 Å². The summed E-state index contributed by atoms with van der Waals surface area (Å²) in [4.78, 5) is 36.8. The number of esters is 1. The lowest BCUT2D eigenvalue weighted by atomic mass is 10.2. The minimum Gasteiger partial charge on any atom is -0.449 e. The maximum absolute atomic E-state index is 12.2. The summed E-state index contributed by atoms with van der Waals surface area (Å²) in [5.74, 6) is -1.02. The number of hydrogen-bond donors (Lipinski definition) is 1. The normalized spacial score (nSPS) is 15.0. The molecule has 0 unspecified atom stereocenters. The van der Waals surface area contributed by atoms with Gasteiger partial charge in [-0.25, -0.2) is 9.59 Å². The average molecular weight is 363 g/mol. The van der Waals surface area contributed by atoms with Crippen LogP contribution in [0.2, 0.25) is 5.02 Å². The van der Waals surface area contributed by atoms with Gasteiger partial charge in [0.15, 0.2) is 6.10 Å². The quantitative estimate of drug-likeness (QED) is 0.845. The SMILES string of the molecule is C[C@@H](OC(=O)c1ccc(-c2ccccc2Cl)o1)C(=O)N1CCNC1=O. The van der Waals surface area contributed by atoms with Crippen molar-refractivity contribution in [2.45, 2.75) is 13.0 Å². The maximum atomic E-state index is 12.2. The van der Waals surface area contributed by atoms with Gasteiger partial charge in [0, 0.05) is 18.7 Å². The summed E-state index contributed by atoms with van der Waals surface area (Å²) in [5, 5.41) is 3.00. The Morgan fingerprint density at radius 3 is 2.72 bits per heavy atom. The predicted octanol–water partition coefficient (Wildman–Crippen LogP) is 2.70. The number of amides is 3. The molecule has 1 aromatic carbocycles. The van der Waals surface area contributed by atoms with Crippen LogP contribution in [0.3, 0.4) is 0 Å². The fraction of sp³-hybridized carbons (Fsp3) is 0.235. The van der Waals surface area contributed by atoms with Gasteiger partial charge in [0.1, 0.15) is 5.76 Å². The molecule has 1 N–H and O–H groups in total. The van der Waals surface area contributed by atoms with E-state index in [0.717, 1.165) is 4.90 Å². The van der Waals surface area contributed by atoms with Crippen molar-refractivity contribution in [2.24, 2.45) is 0 Å². The smallest absolute Gasteiger partial charge is 0.375 e. The summed E-state index contributed by atoms with van der Waals surface area (Å²) >= 11 is 6.10. The summed E-state index contributed by atoms with van der Waals surface area (Å²) in [5.41, 5.74) is 0.640. The summed E-state index contributed by atoms with van der Waals surface area (Å²) in [6.45, 7) is 2.03. The van der Waals surface area contributed by atoms with Crippen LogP contribution in [0.5, 0.6) is 0 Å². The lowest BCUT2D eigenvalue weighted by Crippen LogP contribution is -2.41. The van der Waals surface area contributed by atoms with Gasteiger partial charge in [-0.05, 0) is 31.2 Å². The van der Waals surface area contributed by atoms with E-state index in [4.69, 9.17) is 20.8 Å². The maximum Gasteiger partial charge on any atom is 0.375 e. The van der Waals surface area contributed by atoms with E-state index in [2.05, 4.69) is 5.32 Å². The number of nitrogens with one attached hydrogen (secondary N) is 1. The molecule has 1 atom stereocenters. The molecule has 2 aromatic rings. The van der Waals surface area contributed by atoms with Gasteiger partial charge in [0.25, 0.3) is 5.91 Å². The lowest BCUT2D eigenvalue weighted by Gasteiger charge is -2.17. The second-order valence-electron chi connectivity index (χ2n) is 5.41. The van der Waals surface area contributed by atoms with Crippen LogP contribution in [0.15, 0.2) is 40.8 Å². The Bertz CT molecular complexity index is 832. The van der Waals surface area contributed by atoms with Crippen LogP contribution in [0, 0.1) is 0 Å². The van der Waals surface area contributed by atoms with Crippen LogP contribution in [-0.2, 0) is 9.53 Å². The zero-order valence-corrected chi connectivity index (χ0v) is 14.1. The van der Waals surface area contributed by atoms with E-state index in [1.807, 2.05) is 0 Å². The van der Waals surface area contributed by atoms with Crippen molar-refractivity contribution in [3.05, 3.63) is 47.2 Å². The van der Waals surface area contributed by atoms with Gasteiger partial charge in [-0.2, -0.15) is 0 Å². The first-order valence-corrected chi connectivity index (χ1v) is 8.00. The minimum atomic E-state index is -1.11. The van der Waals surface area contributed by atoms with Crippen LogP contribution in [-0.4, -0.2) is 42.0 Å². The molecule has 8 heteroatoms. The van der Waals surface area contributed by atoms with Crippen molar-refractivity contribution in [2.75, 3.05) is 13.1 Å². The number of hydrogen-bond acceptors (Lipinski definition) is 5. The first-order valence-electron chi connectivity index (χ1n) is 7.62. The van der Waals surface area contributed by atoms with E-state index in [1.165, 1.54) is 13.0 Å². The number of imide groups is 1. The fourth-order valence-electron chi connectivity index (χ4n) is 2.42. The number of benzene rings is 1. The van der Waals surface area contributed by atoms with Crippen molar-refractivity contribution in [3.8, 4) is 11.3 Å². The third-order valence-corrected chi connectivity index (χ3v) is 4.03. The zero-order valence-electron chi connectivity index (χ0n) is 13.3. The molecule has 7 nitrogen and oxygen atoms in total. The second-order valence-corrected chi connectivity index (χ2v) is 5.82. The third-order valence-electron chi connectivity index (χ3n) is 3.70. The standard InChI is InChI=1S/C17H15ClN2O5/c1-10(15(21)20-9-8-19-17(20)23)24-16(22)14-7-6-13(25-14)11-4-2-3-5-12(11)18/h2-7,10H,8-9H2,1H3,(H,19,23)/t10-/m1/s1. The minimum absolute atomic E-state index is 0.0551. The highest BCUT2D eigenvalue weighted by Crippen LogP contribution is 2.29. The Kier molecular flexibility index (Phi) is 4.76. The zero-order chi connectivity index (χ0) is 18.0. The largest absolute Gasteiger partial charge is 0.449 e. The van der Waals surface area contributed by atoms with Gasteiger partial charge in [0.2, 0.25) is 5.76 Å². The molecule has 0 radical (unpaired) electrons. The van der Waals surface area contributed by atoms with Gasteiger partial charge >= 0.3 is 12.0 Å². The van der Waals surface area contributed by atoms with Crippen molar-refractivity contribution < 1.29 is 23.5 Å². The molecule has 1 saturated heterocycles. The van der Waals surface area contributed by atoms with Crippen LogP contribution in [0.4, 0.5) is 4.79 Å². The van der Waals surface area contributed by atoms with E-state index < -0.39 is 24.0 Å². The Morgan fingerprint density at radius 2 is 2.04 bits per heavy atom. The van der Waals surface area contributed by atoms with E-state index in [0.29, 0.717) is 22.9 Å². The fourth-order valence-corrected chi connectivity index (χ4v) is 2.65. The molecule has 25 heavy (non-hydrogen) atoms. The molecular formula is C17H15ClN2O5. The average Bonchev–Trinajstić information content (AvgIpc) is 3.23. The van der Waals surface area contributed by atoms with Crippen LogP contribution < -0.4 is 5.32 Å². The summed E-state index contributed by atoms with van der Waals surface area (Å²) in [6.07, 6.45) is -1.11. The predicted molar refractivity (Wildman–Crippen MR) is 89.1 cm³/mol. The molecule has 3 rings (SSSR count). The van der Waals surface area contributed by atoms with Gasteiger partial charge in [-0.1, -0.05) is 23.7 Å². The molecule has 0 saturated carbocycles. The molecule has 1 aliphatic rings. The molecule has 0 aliphatic carbocycles. The second kappa shape index (κ2) is 6.98. The van der Waals surface area contributed by atoms with Gasteiger partial charge in [-0.15, -0.1) is 0 Å². The Morgan fingerprint density at radius 1 is 1.28 bits per heavy atom. The highest BCUT2D eigenvalue weighted by molar-refractivity contribution is 6.33. The van der Waals surface area contributed by atoms with Crippen molar-refractivity contribution >= 4 is 29.5 Å². The van der Waals surface area contributed by atoms with Crippen LogP contribution in [0.25, 0.3) is 11.3 Å². The molecule has 2 heterocycles. The van der Waals surface area contributed by atoms with E-state index >= 15 is 0 Å². The number of nitrogens with zero attached hydrogens (tertiary/aromatic N) is 1. The number of carbonyl (C=O) groups excluding carboxylic acids is 3. The molecule has 130 valence electrons. The third kappa shape index (κ3) is 3.51. The van der Waals surface area contributed by atoms with Crippen LogP contribution in [0.1, 0.15) is 17.5 Å². The number of halogens is 1. The number of carbonyl (C=O) groups is 3. The molecule has 1 fully saturated rings. The van der Waals surface area contributed by atoms with E-state index in [1.54, 1.807) is 30.3 Å². The molecule has 1 aliphatic heterocycles. The monoisotopic (exact) mass is 362 g/mol. The molecule has 1 aromatic heterocycles. The summed E-state index contributed by atoms with van der Waals surface area (Å²) in [7, 11) is 0. The van der Waals surface area contributed by atoms with E-state index in [-0.39, 0.29) is 12.3 Å².